The molecule has 0 aromatic carbocycles. The van der Waals surface area contributed by atoms with Gasteiger partial charge in [0.2, 0.25) is 0 Å². The van der Waals surface area contributed by atoms with Crippen LogP contribution in [0.2, 0.25) is 0 Å². The lowest BCUT2D eigenvalue weighted by Gasteiger charge is -2.15. The Labute approximate surface area is 55.7 Å². The molecule has 0 bridgehead atoms. The molecule has 0 aliphatic carbocycles. The van der Waals surface area contributed by atoms with Gasteiger partial charge in [0, 0.05) is 12.8 Å². The lowest BCUT2D eigenvalue weighted by Crippen LogP contribution is -2.28. The predicted octanol–water partition coefficient (Wildman–Crippen LogP) is 0.243. The van der Waals surface area contributed by atoms with Crippen LogP contribution in [0.5, 0.6) is 0 Å². The van der Waals surface area contributed by atoms with E-state index >= 15 is 0 Å². The molecule has 9 heavy (non-hydrogen) atoms. The second-order valence-electron chi connectivity index (χ2n) is 2.17. The van der Waals surface area contributed by atoms with Gasteiger partial charge in [-0.1, -0.05) is 0 Å². The highest BCUT2D eigenvalue weighted by atomic mass is 15.5. The normalized spacial score (nSPS) is 28.2. The first-order valence-corrected chi connectivity index (χ1v) is 3.33. The number of hydrogen-bond acceptors (Lipinski definition) is 3. The van der Waals surface area contributed by atoms with Gasteiger partial charge in [-0.2, -0.15) is 5.10 Å². The fourth-order valence-electron chi connectivity index (χ4n) is 0.993. The molecule has 1 N–H and O–H groups in total. The van der Waals surface area contributed by atoms with Crippen molar-refractivity contribution in [2.75, 3.05) is 13.1 Å². The van der Waals surface area contributed by atoms with Gasteiger partial charge in [-0.05, 0) is 13.8 Å². The lowest BCUT2D eigenvalue weighted by molar-refractivity contribution is 0.272. The van der Waals surface area contributed by atoms with Gasteiger partial charge in [0.15, 0.2) is 0 Å². The topological polar surface area (TPSA) is 27.6 Å². The van der Waals surface area contributed by atoms with Crippen molar-refractivity contribution in [3.63, 3.8) is 0 Å². The Morgan fingerprint density at radius 1 is 1.78 bits per heavy atom. The largest absolute Gasteiger partial charge is 0.294 e. The molecule has 1 fully saturated rings. The molecule has 1 aliphatic rings. The summed E-state index contributed by atoms with van der Waals surface area (Å²) in [6.45, 7) is 6.13. The van der Waals surface area contributed by atoms with Crippen LogP contribution in [-0.4, -0.2) is 30.5 Å². The molecular formula is C6H13N3. The highest BCUT2D eigenvalue weighted by Crippen LogP contribution is 2.00. The van der Waals surface area contributed by atoms with Crippen molar-refractivity contribution < 1.29 is 0 Å². The first kappa shape index (κ1) is 6.55. The molecule has 0 saturated carbocycles. The summed E-state index contributed by atoms with van der Waals surface area (Å²) in [5.41, 5.74) is 0. The Morgan fingerprint density at radius 2 is 2.56 bits per heavy atom. The van der Waals surface area contributed by atoms with Gasteiger partial charge in [-0.3, -0.25) is 10.3 Å². The van der Waals surface area contributed by atoms with Crippen LogP contribution in [0.3, 0.4) is 0 Å². The maximum atomic E-state index is 4.15. The maximum absolute atomic E-state index is 4.15. The third kappa shape index (κ3) is 1.42. The molecule has 0 radical (unpaired) electrons. The van der Waals surface area contributed by atoms with E-state index in [0.29, 0.717) is 6.17 Å². The van der Waals surface area contributed by atoms with Crippen molar-refractivity contribution in [2.45, 2.75) is 20.0 Å². The molecule has 1 rings (SSSR count). The molecule has 52 valence electrons. The zero-order chi connectivity index (χ0) is 6.69. The van der Waals surface area contributed by atoms with Gasteiger partial charge in [0.05, 0.1) is 12.7 Å². The second kappa shape index (κ2) is 2.82. The molecule has 1 atom stereocenters. The Kier molecular flexibility index (Phi) is 2.05. The molecule has 1 unspecified atom stereocenters. The van der Waals surface area contributed by atoms with E-state index in [-0.39, 0.29) is 0 Å². The van der Waals surface area contributed by atoms with E-state index in [4.69, 9.17) is 0 Å². The second-order valence-corrected chi connectivity index (χ2v) is 2.17. The van der Waals surface area contributed by atoms with Crippen LogP contribution in [0.1, 0.15) is 13.8 Å². The van der Waals surface area contributed by atoms with Gasteiger partial charge >= 0.3 is 0 Å². The molecule has 0 amide bonds. The minimum atomic E-state index is 0.418. The fourth-order valence-corrected chi connectivity index (χ4v) is 0.993. The van der Waals surface area contributed by atoms with Gasteiger partial charge < -0.3 is 0 Å². The van der Waals surface area contributed by atoms with E-state index in [1.165, 1.54) is 0 Å². The van der Waals surface area contributed by atoms with Crippen LogP contribution in [0.4, 0.5) is 0 Å². The summed E-state index contributed by atoms with van der Waals surface area (Å²) in [6.07, 6.45) is 2.24. The highest BCUT2D eigenvalue weighted by Gasteiger charge is 2.15. The molecule has 1 aliphatic heterocycles. The molecule has 0 aromatic rings. The molecule has 3 heteroatoms. The van der Waals surface area contributed by atoms with Crippen LogP contribution < -0.4 is 5.32 Å². The smallest absolute Gasteiger partial charge is 0.0936 e. The number of nitrogens with zero attached hydrogens (tertiary/aromatic N) is 2. The zero-order valence-corrected chi connectivity index (χ0v) is 5.96. The summed E-state index contributed by atoms with van der Waals surface area (Å²) >= 11 is 0. The van der Waals surface area contributed by atoms with Crippen LogP contribution in [-0.2, 0) is 0 Å². The third-order valence-electron chi connectivity index (χ3n) is 1.49. The van der Waals surface area contributed by atoms with E-state index in [1.807, 2.05) is 18.1 Å². The van der Waals surface area contributed by atoms with Gasteiger partial charge in [-0.25, -0.2) is 0 Å². The van der Waals surface area contributed by atoms with Crippen LogP contribution in [0, 0.1) is 0 Å². The Balaban J connectivity index is 2.39. The Hall–Kier alpha value is -0.570. The van der Waals surface area contributed by atoms with E-state index in [0.717, 1.165) is 13.1 Å². The molecule has 1 heterocycles. The van der Waals surface area contributed by atoms with E-state index in [2.05, 4.69) is 17.3 Å². The van der Waals surface area contributed by atoms with E-state index < -0.39 is 0 Å². The first-order valence-electron chi connectivity index (χ1n) is 3.33. The average molecular weight is 127 g/mol. The Morgan fingerprint density at radius 3 is 3.00 bits per heavy atom. The van der Waals surface area contributed by atoms with Crippen molar-refractivity contribution in [3.05, 3.63) is 0 Å². The standard InChI is InChI=1S/C6H13N3/c1-3-8-9-5-4-7-6(9)2/h3,6-7H,4-5H2,1-2H3. The van der Waals surface area contributed by atoms with Crippen molar-refractivity contribution in [1.82, 2.24) is 10.3 Å². The van der Waals surface area contributed by atoms with Crippen molar-refractivity contribution in [2.24, 2.45) is 5.10 Å². The van der Waals surface area contributed by atoms with Gasteiger partial charge in [0.25, 0.3) is 0 Å². The summed E-state index contributed by atoms with van der Waals surface area (Å²) in [5, 5.41) is 9.46. The average Bonchev–Trinajstić information content (AvgIpc) is 2.18. The third-order valence-corrected chi connectivity index (χ3v) is 1.49. The number of hydrazone groups is 1. The van der Waals surface area contributed by atoms with Crippen molar-refractivity contribution in [1.29, 1.82) is 0 Å². The summed E-state index contributed by atoms with van der Waals surface area (Å²) in [6, 6.07) is 0. The molecule has 0 spiro atoms. The zero-order valence-electron chi connectivity index (χ0n) is 5.96. The minimum absolute atomic E-state index is 0.418. The highest BCUT2D eigenvalue weighted by molar-refractivity contribution is 5.52. The van der Waals surface area contributed by atoms with E-state index in [9.17, 15) is 0 Å². The van der Waals surface area contributed by atoms with Gasteiger partial charge in [-0.15, -0.1) is 0 Å². The number of hydrogen-bond donors (Lipinski definition) is 1. The first-order chi connectivity index (χ1) is 4.34. The molecule has 1 saturated heterocycles. The monoisotopic (exact) mass is 127 g/mol. The molecule has 3 nitrogen and oxygen atoms in total. The summed E-state index contributed by atoms with van der Waals surface area (Å²) in [4.78, 5) is 0. The van der Waals surface area contributed by atoms with E-state index in [1.54, 1.807) is 0 Å². The number of rotatable bonds is 1. The van der Waals surface area contributed by atoms with Crippen molar-refractivity contribution in [3.8, 4) is 0 Å². The maximum Gasteiger partial charge on any atom is 0.0936 e. The summed E-state index contributed by atoms with van der Waals surface area (Å²) < 4.78 is 0. The summed E-state index contributed by atoms with van der Waals surface area (Å²) in [7, 11) is 0. The van der Waals surface area contributed by atoms with Crippen LogP contribution in [0.15, 0.2) is 5.10 Å². The van der Waals surface area contributed by atoms with Crippen molar-refractivity contribution >= 4 is 6.21 Å². The van der Waals surface area contributed by atoms with Crippen LogP contribution >= 0.6 is 0 Å². The molecular weight excluding hydrogens is 114 g/mol. The predicted molar refractivity (Wildman–Crippen MR) is 38.3 cm³/mol. The number of nitrogens with one attached hydrogen (secondary N) is 1. The summed E-state index contributed by atoms with van der Waals surface area (Å²) in [5.74, 6) is 0. The van der Waals surface area contributed by atoms with Crippen LogP contribution in [0.25, 0.3) is 0 Å². The molecule has 0 aromatic heterocycles. The van der Waals surface area contributed by atoms with Gasteiger partial charge in [0.1, 0.15) is 0 Å². The lowest BCUT2D eigenvalue weighted by atomic mass is 10.6. The SMILES string of the molecule is CC=NN1CCNC1C. The fraction of sp³-hybridized carbons (Fsp3) is 0.833. The Bertz CT molecular complexity index is 111. The quantitative estimate of drug-likeness (QED) is 0.511. The minimum Gasteiger partial charge on any atom is -0.294 e.